The van der Waals surface area contributed by atoms with E-state index in [9.17, 15) is 9.59 Å². The number of carbonyl (C=O) groups is 2. The normalized spacial score (nSPS) is 11.9. The number of allylic oxidation sites excluding steroid dienone is 6. The lowest BCUT2D eigenvalue weighted by Gasteiger charge is -2.02. The molecule has 0 aromatic heterocycles. The molecular weight excluding hydrogens is 244 g/mol. The van der Waals surface area contributed by atoms with Crippen molar-refractivity contribution in [2.45, 2.75) is 20.3 Å². The molecule has 0 aliphatic heterocycles. The van der Waals surface area contributed by atoms with Crippen LogP contribution < -0.4 is 0 Å². The maximum Gasteiger partial charge on any atom is 0.317 e. The van der Waals surface area contributed by atoms with Crippen molar-refractivity contribution in [3.8, 4) is 0 Å². The molecule has 4 nitrogen and oxygen atoms in total. The van der Waals surface area contributed by atoms with E-state index in [4.69, 9.17) is 9.47 Å². The van der Waals surface area contributed by atoms with Crippen molar-refractivity contribution < 1.29 is 19.1 Å². The quantitative estimate of drug-likeness (QED) is 0.384. The van der Waals surface area contributed by atoms with E-state index in [-0.39, 0.29) is 19.6 Å². The van der Waals surface area contributed by atoms with Crippen molar-refractivity contribution in [3.63, 3.8) is 0 Å². The van der Waals surface area contributed by atoms with Gasteiger partial charge in [-0.2, -0.15) is 0 Å². The van der Waals surface area contributed by atoms with Gasteiger partial charge < -0.3 is 9.47 Å². The summed E-state index contributed by atoms with van der Waals surface area (Å²) in [5.41, 5.74) is 0. The molecule has 0 spiro atoms. The number of rotatable bonds is 8. The number of ether oxygens (including phenoxy) is 2. The molecule has 0 atom stereocenters. The largest absolute Gasteiger partial charge is 0.461 e. The molecule has 0 fully saturated rings. The van der Waals surface area contributed by atoms with E-state index < -0.39 is 11.9 Å². The topological polar surface area (TPSA) is 52.6 Å². The zero-order valence-electron chi connectivity index (χ0n) is 11.4. The van der Waals surface area contributed by atoms with E-state index in [0.717, 1.165) is 0 Å². The van der Waals surface area contributed by atoms with E-state index in [0.29, 0.717) is 0 Å². The van der Waals surface area contributed by atoms with Crippen LogP contribution in [-0.2, 0) is 19.1 Å². The summed E-state index contributed by atoms with van der Waals surface area (Å²) in [4.78, 5) is 22.4. The van der Waals surface area contributed by atoms with Crippen LogP contribution in [0.3, 0.4) is 0 Å². The van der Waals surface area contributed by atoms with Gasteiger partial charge in [-0.25, -0.2) is 0 Å². The highest BCUT2D eigenvalue weighted by Crippen LogP contribution is 1.92. The Kier molecular flexibility index (Phi) is 11.0. The Bertz CT molecular complexity index is 340. The first-order valence-electron chi connectivity index (χ1n) is 6.07. The van der Waals surface area contributed by atoms with Gasteiger partial charge in [0, 0.05) is 0 Å². The minimum absolute atomic E-state index is 0.150. The summed E-state index contributed by atoms with van der Waals surface area (Å²) in [6, 6.07) is 0. The second kappa shape index (κ2) is 12.4. The Morgan fingerprint density at radius 2 is 1.21 bits per heavy atom. The number of carbonyl (C=O) groups excluding carboxylic acids is 2. The van der Waals surface area contributed by atoms with E-state index in [1.807, 2.05) is 38.2 Å². The molecule has 0 aromatic carbocycles. The van der Waals surface area contributed by atoms with Gasteiger partial charge in [0.2, 0.25) is 0 Å². The lowest BCUT2D eigenvalue weighted by atomic mass is 10.4. The van der Waals surface area contributed by atoms with Crippen LogP contribution in [0.25, 0.3) is 0 Å². The number of hydrogen-bond donors (Lipinski definition) is 0. The van der Waals surface area contributed by atoms with Gasteiger partial charge >= 0.3 is 11.9 Å². The van der Waals surface area contributed by atoms with Crippen LogP contribution in [0.5, 0.6) is 0 Å². The first-order chi connectivity index (χ1) is 9.20. The maximum absolute atomic E-state index is 11.2. The van der Waals surface area contributed by atoms with Gasteiger partial charge in [0.25, 0.3) is 0 Å². The third kappa shape index (κ3) is 12.2. The van der Waals surface area contributed by atoms with Crippen molar-refractivity contribution in [1.82, 2.24) is 0 Å². The van der Waals surface area contributed by atoms with E-state index >= 15 is 0 Å². The fourth-order valence-corrected chi connectivity index (χ4v) is 0.992. The van der Waals surface area contributed by atoms with E-state index in [2.05, 4.69) is 0 Å². The predicted molar refractivity (Wildman–Crippen MR) is 74.4 cm³/mol. The van der Waals surface area contributed by atoms with Gasteiger partial charge in [0.05, 0.1) is 0 Å². The standard InChI is InChI=1S/C15H20O4/c1-3-5-7-9-11-18-14(16)13-15(17)19-12-10-8-6-4-2/h3-10H,11-13H2,1-2H3/b5-3+,6-4+,9-7+,10-8+. The molecule has 0 rings (SSSR count). The molecular formula is C15H20O4. The molecule has 0 radical (unpaired) electrons. The molecule has 0 N–H and O–H groups in total. The monoisotopic (exact) mass is 264 g/mol. The van der Waals surface area contributed by atoms with Gasteiger partial charge in [-0.15, -0.1) is 0 Å². The summed E-state index contributed by atoms with van der Waals surface area (Å²) in [5, 5.41) is 0. The van der Waals surface area contributed by atoms with Gasteiger partial charge in [0.1, 0.15) is 19.6 Å². The van der Waals surface area contributed by atoms with Crippen molar-refractivity contribution in [2.75, 3.05) is 13.2 Å². The smallest absolute Gasteiger partial charge is 0.317 e. The Morgan fingerprint density at radius 1 is 0.789 bits per heavy atom. The van der Waals surface area contributed by atoms with Crippen molar-refractivity contribution in [1.29, 1.82) is 0 Å². The molecule has 0 aliphatic carbocycles. The highest BCUT2D eigenvalue weighted by Gasteiger charge is 2.10. The highest BCUT2D eigenvalue weighted by molar-refractivity contribution is 5.91. The predicted octanol–water partition coefficient (Wildman–Crippen LogP) is 2.73. The van der Waals surface area contributed by atoms with E-state index in [1.54, 1.807) is 24.3 Å². The average molecular weight is 264 g/mol. The van der Waals surface area contributed by atoms with Crippen LogP contribution in [0.15, 0.2) is 48.6 Å². The van der Waals surface area contributed by atoms with Crippen LogP contribution in [0.4, 0.5) is 0 Å². The summed E-state index contributed by atoms with van der Waals surface area (Å²) in [7, 11) is 0. The zero-order chi connectivity index (χ0) is 14.3. The molecule has 0 bridgehead atoms. The Balaban J connectivity index is 3.72. The average Bonchev–Trinajstić information content (AvgIpc) is 2.38. The molecule has 0 amide bonds. The van der Waals surface area contributed by atoms with Crippen LogP contribution in [0.2, 0.25) is 0 Å². The summed E-state index contributed by atoms with van der Waals surface area (Å²) in [5.74, 6) is -1.18. The third-order valence-electron chi connectivity index (χ3n) is 1.85. The first-order valence-corrected chi connectivity index (χ1v) is 6.07. The fourth-order valence-electron chi connectivity index (χ4n) is 0.992. The SMILES string of the molecule is C/C=C/C=C/COC(=O)CC(=O)OC/C=C/C=C/C. The zero-order valence-corrected chi connectivity index (χ0v) is 11.4. The summed E-state index contributed by atoms with van der Waals surface area (Å²) in [6.07, 6.45) is 13.9. The molecule has 4 heteroatoms. The van der Waals surface area contributed by atoms with Crippen molar-refractivity contribution in [2.24, 2.45) is 0 Å². The lowest BCUT2D eigenvalue weighted by molar-refractivity contribution is -0.153. The molecule has 19 heavy (non-hydrogen) atoms. The van der Waals surface area contributed by atoms with E-state index in [1.165, 1.54) is 0 Å². The lowest BCUT2D eigenvalue weighted by Crippen LogP contribution is -2.14. The summed E-state index contributed by atoms with van der Waals surface area (Å²) >= 11 is 0. The van der Waals surface area contributed by atoms with Crippen LogP contribution >= 0.6 is 0 Å². The molecule has 0 saturated carbocycles. The third-order valence-corrected chi connectivity index (χ3v) is 1.85. The molecule has 0 unspecified atom stereocenters. The van der Waals surface area contributed by atoms with Gasteiger partial charge in [-0.05, 0) is 26.0 Å². The Morgan fingerprint density at radius 3 is 1.58 bits per heavy atom. The summed E-state index contributed by atoms with van der Waals surface area (Å²) in [6.45, 7) is 4.07. The second-order valence-corrected chi connectivity index (χ2v) is 3.45. The second-order valence-electron chi connectivity index (χ2n) is 3.45. The Hall–Kier alpha value is -2.10. The minimum Gasteiger partial charge on any atom is -0.461 e. The molecule has 0 heterocycles. The van der Waals surface area contributed by atoms with Crippen LogP contribution in [0.1, 0.15) is 20.3 Å². The van der Waals surface area contributed by atoms with Crippen molar-refractivity contribution in [3.05, 3.63) is 48.6 Å². The van der Waals surface area contributed by atoms with Crippen LogP contribution in [-0.4, -0.2) is 25.2 Å². The van der Waals surface area contributed by atoms with Crippen LogP contribution in [0, 0.1) is 0 Å². The number of hydrogen-bond acceptors (Lipinski definition) is 4. The van der Waals surface area contributed by atoms with Gasteiger partial charge in [0.15, 0.2) is 0 Å². The fraction of sp³-hybridized carbons (Fsp3) is 0.333. The maximum atomic E-state index is 11.2. The summed E-state index contributed by atoms with van der Waals surface area (Å²) < 4.78 is 9.63. The molecule has 0 aromatic rings. The molecule has 0 saturated heterocycles. The van der Waals surface area contributed by atoms with Gasteiger partial charge in [-0.1, -0.05) is 36.5 Å². The minimum atomic E-state index is -0.590. The molecule has 0 aliphatic rings. The van der Waals surface area contributed by atoms with Gasteiger partial charge in [-0.3, -0.25) is 9.59 Å². The van der Waals surface area contributed by atoms with Crippen molar-refractivity contribution >= 4 is 11.9 Å². The molecule has 104 valence electrons. The Labute approximate surface area is 114 Å². The number of esters is 2. The first kappa shape index (κ1) is 16.9. The highest BCUT2D eigenvalue weighted by atomic mass is 16.6.